The van der Waals surface area contributed by atoms with Gasteiger partial charge in [0.15, 0.2) is 5.82 Å². The second-order valence-corrected chi connectivity index (χ2v) is 11.4. The Bertz CT molecular complexity index is 1710. The Morgan fingerprint density at radius 2 is 1.77 bits per heavy atom. The number of fused-ring (bicyclic) bond motifs is 1. The van der Waals surface area contributed by atoms with Gasteiger partial charge in [-0.15, -0.1) is 0 Å². The lowest BCUT2D eigenvalue weighted by Gasteiger charge is -2.30. The molecule has 4 aromatic rings. The Morgan fingerprint density at radius 3 is 2.42 bits per heavy atom. The molecule has 4 N–H and O–H groups in total. The van der Waals surface area contributed by atoms with Crippen molar-refractivity contribution in [3.05, 3.63) is 88.9 Å². The van der Waals surface area contributed by atoms with Gasteiger partial charge in [0.25, 0.3) is 11.8 Å². The molecule has 2 aromatic heterocycles. The quantitative estimate of drug-likeness (QED) is 0.264. The minimum absolute atomic E-state index is 0.0636. The molecule has 0 radical (unpaired) electrons. The molecule has 11 nitrogen and oxygen atoms in total. The maximum atomic E-state index is 13.8. The summed E-state index contributed by atoms with van der Waals surface area (Å²) in [7, 11) is -2.90. The average Bonchev–Trinajstić information content (AvgIpc) is 3.62. The fraction of sp³-hybridized carbons (Fsp3) is 0.192. The smallest absolute Gasteiger partial charge is 0.272 e. The van der Waals surface area contributed by atoms with E-state index in [2.05, 4.69) is 25.8 Å². The van der Waals surface area contributed by atoms with Gasteiger partial charge in [0, 0.05) is 30.4 Å². The number of sulfonamides is 1. The third-order valence-electron chi connectivity index (χ3n) is 6.62. The summed E-state index contributed by atoms with van der Waals surface area (Å²) in [5.74, 6) is -2.71. The lowest BCUT2D eigenvalue weighted by Crippen LogP contribution is -2.40. The molecule has 208 valence electrons. The van der Waals surface area contributed by atoms with Gasteiger partial charge in [0.1, 0.15) is 23.1 Å². The number of methoxy groups -OCH3 is 1. The van der Waals surface area contributed by atoms with Crippen LogP contribution in [0.5, 0.6) is 5.75 Å². The molecule has 0 saturated carbocycles. The highest BCUT2D eigenvalue weighted by molar-refractivity contribution is 7.89. The number of ether oxygens (including phenoxy) is 1. The van der Waals surface area contributed by atoms with Gasteiger partial charge in [-0.05, 0) is 50.2 Å². The van der Waals surface area contributed by atoms with Crippen molar-refractivity contribution in [1.29, 1.82) is 0 Å². The summed E-state index contributed by atoms with van der Waals surface area (Å²) in [5.41, 5.74) is 0.127. The number of hydrogen-bond donors (Lipinski definition) is 4. The molecule has 0 fully saturated rings. The number of carbonyl (C=O) groups excluding carboxylic acids is 2. The first-order valence-electron chi connectivity index (χ1n) is 11.9. The molecule has 0 spiro atoms. The van der Waals surface area contributed by atoms with E-state index in [0.717, 1.165) is 16.4 Å². The molecule has 0 atom stereocenters. The fourth-order valence-electron chi connectivity index (χ4n) is 4.57. The standard InChI is InChI=1S/C26H24F2N6O5S/c1-26(2)22-19(13-34(26)40(37,38)17-10-14(27)9-15(28)11-17)23(33-32-22)31-24(35)18-7-6-16(39-3)12-21(18)30-25(36)20-5-4-8-29-20/h4-12,29H,13H2,1-3H3,(H,30,36)(H2,31,32,33,35). The Hall–Kier alpha value is -4.56. The molecule has 0 bridgehead atoms. The number of aromatic nitrogens is 3. The number of nitrogens with one attached hydrogen (secondary N) is 4. The van der Waals surface area contributed by atoms with E-state index in [-0.39, 0.29) is 29.3 Å². The maximum absolute atomic E-state index is 13.8. The first kappa shape index (κ1) is 27.0. The van der Waals surface area contributed by atoms with E-state index in [1.165, 1.54) is 19.2 Å². The third kappa shape index (κ3) is 4.71. The topological polar surface area (TPSA) is 149 Å². The van der Waals surface area contributed by atoms with Gasteiger partial charge in [-0.2, -0.15) is 9.40 Å². The van der Waals surface area contributed by atoms with Crippen molar-refractivity contribution in [2.45, 2.75) is 30.8 Å². The first-order valence-corrected chi connectivity index (χ1v) is 13.4. The average molecular weight is 571 g/mol. The van der Waals surface area contributed by atoms with Crippen molar-refractivity contribution in [2.24, 2.45) is 0 Å². The number of rotatable bonds is 7. The van der Waals surface area contributed by atoms with Crippen LogP contribution in [0, 0.1) is 11.6 Å². The first-order chi connectivity index (χ1) is 18.9. The molecule has 1 aliphatic heterocycles. The predicted molar refractivity (Wildman–Crippen MR) is 140 cm³/mol. The largest absolute Gasteiger partial charge is 0.497 e. The van der Waals surface area contributed by atoms with Gasteiger partial charge >= 0.3 is 0 Å². The number of aromatic amines is 2. The van der Waals surface area contributed by atoms with Gasteiger partial charge in [0.05, 0.1) is 34.5 Å². The zero-order valence-electron chi connectivity index (χ0n) is 21.5. The van der Waals surface area contributed by atoms with Gasteiger partial charge in [0.2, 0.25) is 10.0 Å². The molecule has 1 aliphatic rings. The van der Waals surface area contributed by atoms with E-state index in [1.807, 2.05) is 0 Å². The molecular formula is C26H24F2N6O5S. The summed E-state index contributed by atoms with van der Waals surface area (Å²) < 4.78 is 60.7. The Labute approximate surface area is 227 Å². The number of carbonyl (C=O) groups is 2. The summed E-state index contributed by atoms with van der Waals surface area (Å²) in [5, 5.41) is 12.3. The number of nitrogens with zero attached hydrogens (tertiary/aromatic N) is 2. The Morgan fingerprint density at radius 1 is 1.05 bits per heavy atom. The minimum Gasteiger partial charge on any atom is -0.497 e. The molecule has 14 heteroatoms. The second kappa shape index (κ2) is 9.88. The number of halogens is 2. The summed E-state index contributed by atoms with van der Waals surface area (Å²) in [6, 6.07) is 9.80. The molecule has 3 heterocycles. The highest BCUT2D eigenvalue weighted by Gasteiger charge is 2.48. The van der Waals surface area contributed by atoms with Crippen LogP contribution in [0.25, 0.3) is 0 Å². The summed E-state index contributed by atoms with van der Waals surface area (Å²) >= 11 is 0. The van der Waals surface area contributed by atoms with Crippen LogP contribution >= 0.6 is 0 Å². The molecule has 40 heavy (non-hydrogen) atoms. The second-order valence-electron chi connectivity index (χ2n) is 9.51. The number of anilines is 2. The van der Waals surface area contributed by atoms with Crippen molar-refractivity contribution in [2.75, 3.05) is 17.7 Å². The van der Waals surface area contributed by atoms with E-state index in [9.17, 15) is 26.8 Å². The van der Waals surface area contributed by atoms with Gasteiger partial charge < -0.3 is 20.4 Å². The summed E-state index contributed by atoms with van der Waals surface area (Å²) in [6.07, 6.45) is 1.59. The molecule has 0 aliphatic carbocycles. The summed E-state index contributed by atoms with van der Waals surface area (Å²) in [4.78, 5) is 28.2. The lowest BCUT2D eigenvalue weighted by atomic mass is 10.0. The van der Waals surface area contributed by atoms with Crippen molar-refractivity contribution in [3.8, 4) is 5.75 Å². The molecule has 2 aromatic carbocycles. The van der Waals surface area contributed by atoms with Crippen LogP contribution in [-0.4, -0.2) is 46.8 Å². The normalized spacial score (nSPS) is 14.5. The van der Waals surface area contributed by atoms with E-state index in [4.69, 9.17) is 4.74 Å². The number of H-pyrrole nitrogens is 2. The van der Waals surface area contributed by atoms with E-state index in [1.54, 1.807) is 38.2 Å². The number of amides is 2. The van der Waals surface area contributed by atoms with Crippen LogP contribution in [0.1, 0.15) is 46.0 Å². The van der Waals surface area contributed by atoms with Gasteiger partial charge in [-0.25, -0.2) is 17.2 Å². The number of benzene rings is 2. The fourth-order valence-corrected chi connectivity index (χ4v) is 6.34. The van der Waals surface area contributed by atoms with E-state index >= 15 is 0 Å². The highest BCUT2D eigenvalue weighted by atomic mass is 32.2. The lowest BCUT2D eigenvalue weighted by molar-refractivity contribution is 0.102. The predicted octanol–water partition coefficient (Wildman–Crippen LogP) is 3.97. The zero-order chi connectivity index (χ0) is 28.8. The van der Waals surface area contributed by atoms with E-state index < -0.39 is 43.9 Å². The van der Waals surface area contributed by atoms with Crippen molar-refractivity contribution in [1.82, 2.24) is 19.5 Å². The third-order valence-corrected chi connectivity index (χ3v) is 8.62. The zero-order valence-corrected chi connectivity index (χ0v) is 22.3. The van der Waals surface area contributed by atoms with Crippen molar-refractivity contribution >= 4 is 33.3 Å². The molecule has 2 amide bonds. The number of hydrogen-bond acceptors (Lipinski definition) is 6. The molecular weight excluding hydrogens is 546 g/mol. The summed E-state index contributed by atoms with van der Waals surface area (Å²) in [6.45, 7) is 2.98. The van der Waals surface area contributed by atoms with Gasteiger partial charge in [-0.3, -0.25) is 14.7 Å². The van der Waals surface area contributed by atoms with Crippen molar-refractivity contribution in [3.63, 3.8) is 0 Å². The minimum atomic E-state index is -4.35. The Balaban J connectivity index is 1.44. The maximum Gasteiger partial charge on any atom is 0.272 e. The van der Waals surface area contributed by atoms with Crippen LogP contribution in [0.2, 0.25) is 0 Å². The molecule has 0 saturated heterocycles. The van der Waals surface area contributed by atoms with E-state index in [0.29, 0.717) is 23.1 Å². The highest BCUT2D eigenvalue weighted by Crippen LogP contribution is 2.44. The van der Waals surface area contributed by atoms with Crippen LogP contribution in [0.3, 0.4) is 0 Å². The van der Waals surface area contributed by atoms with Crippen LogP contribution in [-0.2, 0) is 22.1 Å². The van der Waals surface area contributed by atoms with Crippen molar-refractivity contribution < 1.29 is 31.5 Å². The van der Waals surface area contributed by atoms with Crippen LogP contribution < -0.4 is 15.4 Å². The van der Waals surface area contributed by atoms with Crippen LogP contribution in [0.15, 0.2) is 59.6 Å². The Kier molecular flexibility index (Phi) is 6.67. The van der Waals surface area contributed by atoms with Gasteiger partial charge in [-0.1, -0.05) is 0 Å². The van der Waals surface area contributed by atoms with Crippen LogP contribution in [0.4, 0.5) is 20.3 Å². The SMILES string of the molecule is COc1ccc(C(=O)Nc2n[nH]c3c2CN(S(=O)(=O)c2cc(F)cc(F)c2)C3(C)C)c(NC(=O)c2ccc[nH]2)c1. The monoisotopic (exact) mass is 570 g/mol. The molecule has 5 rings (SSSR count). The molecule has 0 unspecified atom stereocenters.